The van der Waals surface area contributed by atoms with E-state index in [-0.39, 0.29) is 0 Å². The van der Waals surface area contributed by atoms with Gasteiger partial charge in [0, 0.05) is 23.2 Å². The van der Waals surface area contributed by atoms with Crippen LogP contribution in [0, 0.1) is 4.77 Å². The van der Waals surface area contributed by atoms with Crippen LogP contribution in [0.2, 0.25) is 0 Å². The highest BCUT2D eigenvalue weighted by Gasteiger charge is 2.11. The highest BCUT2D eigenvalue weighted by Crippen LogP contribution is 2.30. The molecule has 86 valence electrons. The number of benzene rings is 1. The van der Waals surface area contributed by atoms with E-state index >= 15 is 0 Å². The average Bonchev–Trinajstić information content (AvgIpc) is 2.81. The molecule has 2 N–H and O–H groups in total. The summed E-state index contributed by atoms with van der Waals surface area (Å²) in [7, 11) is 0. The fourth-order valence-corrected chi connectivity index (χ4v) is 2.58. The summed E-state index contributed by atoms with van der Waals surface area (Å²) in [5.41, 5.74) is 3.77. The van der Waals surface area contributed by atoms with E-state index in [1.165, 1.54) is 0 Å². The van der Waals surface area contributed by atoms with Crippen LogP contribution in [0.5, 0.6) is 0 Å². The van der Waals surface area contributed by atoms with E-state index in [1.54, 1.807) is 12.4 Å². The van der Waals surface area contributed by atoms with Gasteiger partial charge in [-0.1, -0.05) is 0 Å². The molecule has 0 bridgehead atoms. The molecule has 3 heterocycles. The van der Waals surface area contributed by atoms with Gasteiger partial charge in [0.1, 0.15) is 0 Å². The molecule has 4 aromatic rings. The number of fused-ring (bicyclic) bond motifs is 6. The molecule has 5 heteroatoms. The SMILES string of the molecule is S=c1[nH]c2c3cccnc3c3ncccc3c2[nH]1. The summed E-state index contributed by atoms with van der Waals surface area (Å²) in [5, 5.41) is 2.07. The lowest BCUT2D eigenvalue weighted by molar-refractivity contribution is 1.30. The minimum absolute atomic E-state index is 0.617. The van der Waals surface area contributed by atoms with Crippen LogP contribution in [0.15, 0.2) is 36.7 Å². The first-order valence-electron chi connectivity index (χ1n) is 5.58. The Hall–Kier alpha value is -2.27. The molecule has 1 aromatic carbocycles. The maximum Gasteiger partial charge on any atom is 0.175 e. The summed E-state index contributed by atoms with van der Waals surface area (Å²) < 4.78 is 0.617. The zero-order valence-corrected chi connectivity index (χ0v) is 10.1. The molecule has 3 aromatic heterocycles. The van der Waals surface area contributed by atoms with Crippen LogP contribution in [0.25, 0.3) is 32.8 Å². The van der Waals surface area contributed by atoms with E-state index in [1.807, 2.05) is 24.3 Å². The number of nitrogens with one attached hydrogen (secondary N) is 2. The van der Waals surface area contributed by atoms with Gasteiger partial charge in [-0.05, 0) is 36.5 Å². The minimum Gasteiger partial charge on any atom is -0.330 e. The standard InChI is InChI=1S/C13H8N4S/c18-13-16-11-7-3-1-5-14-9(7)10-8(12(11)17-13)4-2-6-15-10/h1-6H,(H2,16,17,18). The minimum atomic E-state index is 0.617. The largest absolute Gasteiger partial charge is 0.330 e. The molecule has 0 fully saturated rings. The van der Waals surface area contributed by atoms with Gasteiger partial charge in [0.2, 0.25) is 0 Å². The van der Waals surface area contributed by atoms with Crippen LogP contribution < -0.4 is 0 Å². The first-order chi connectivity index (χ1) is 8.84. The Morgan fingerprint density at radius 1 is 0.833 bits per heavy atom. The van der Waals surface area contributed by atoms with Gasteiger partial charge >= 0.3 is 0 Å². The Labute approximate surface area is 107 Å². The number of aromatic amines is 2. The van der Waals surface area contributed by atoms with Crippen molar-refractivity contribution in [3.8, 4) is 0 Å². The van der Waals surface area contributed by atoms with Crippen molar-refractivity contribution in [2.75, 3.05) is 0 Å². The smallest absolute Gasteiger partial charge is 0.175 e. The molecule has 0 aliphatic carbocycles. The third-order valence-electron chi connectivity index (χ3n) is 3.11. The van der Waals surface area contributed by atoms with Gasteiger partial charge in [-0.2, -0.15) is 0 Å². The first-order valence-corrected chi connectivity index (χ1v) is 5.99. The maximum atomic E-state index is 5.19. The molecule has 0 spiro atoms. The summed E-state index contributed by atoms with van der Waals surface area (Å²) in [5.74, 6) is 0. The zero-order valence-electron chi connectivity index (χ0n) is 9.27. The molecule has 4 rings (SSSR count). The lowest BCUT2D eigenvalue weighted by Crippen LogP contribution is -1.86. The lowest BCUT2D eigenvalue weighted by atomic mass is 10.1. The van der Waals surface area contributed by atoms with Gasteiger partial charge in [-0.3, -0.25) is 9.97 Å². The van der Waals surface area contributed by atoms with E-state index in [9.17, 15) is 0 Å². The van der Waals surface area contributed by atoms with Gasteiger partial charge in [0.15, 0.2) is 4.77 Å². The van der Waals surface area contributed by atoms with Crippen molar-refractivity contribution in [2.45, 2.75) is 0 Å². The molecular weight excluding hydrogens is 244 g/mol. The Morgan fingerprint density at radius 3 is 1.83 bits per heavy atom. The number of imidazole rings is 1. The number of hydrogen-bond acceptors (Lipinski definition) is 3. The Bertz CT molecular complexity index is 876. The van der Waals surface area contributed by atoms with Gasteiger partial charge in [0.05, 0.1) is 22.1 Å². The van der Waals surface area contributed by atoms with Crippen molar-refractivity contribution in [1.82, 2.24) is 19.9 Å². The van der Waals surface area contributed by atoms with Crippen molar-refractivity contribution in [2.24, 2.45) is 0 Å². The topological polar surface area (TPSA) is 57.4 Å². The number of hydrogen-bond donors (Lipinski definition) is 2. The number of pyridine rings is 2. The Morgan fingerprint density at radius 2 is 1.33 bits per heavy atom. The Balaban J connectivity index is 2.50. The lowest BCUT2D eigenvalue weighted by Gasteiger charge is -2.03. The number of rotatable bonds is 0. The number of aromatic nitrogens is 4. The highest BCUT2D eigenvalue weighted by atomic mass is 32.1. The molecule has 0 saturated carbocycles. The second kappa shape index (κ2) is 3.36. The molecule has 0 unspecified atom stereocenters. The normalized spacial score (nSPS) is 11.6. The van der Waals surface area contributed by atoms with Crippen molar-refractivity contribution >= 4 is 45.1 Å². The predicted octanol–water partition coefficient (Wildman–Crippen LogP) is 3.32. The predicted molar refractivity (Wildman–Crippen MR) is 74.1 cm³/mol. The average molecular weight is 252 g/mol. The van der Waals surface area contributed by atoms with Crippen LogP contribution in [-0.2, 0) is 0 Å². The quantitative estimate of drug-likeness (QED) is 0.373. The second-order valence-corrected chi connectivity index (χ2v) is 4.54. The first kappa shape index (κ1) is 9.73. The van der Waals surface area contributed by atoms with Crippen molar-refractivity contribution < 1.29 is 0 Å². The molecule has 4 nitrogen and oxygen atoms in total. The third-order valence-corrected chi connectivity index (χ3v) is 3.31. The number of nitrogens with zero attached hydrogens (tertiary/aromatic N) is 2. The van der Waals surface area contributed by atoms with Crippen molar-refractivity contribution in [1.29, 1.82) is 0 Å². The van der Waals surface area contributed by atoms with Gasteiger partial charge < -0.3 is 9.97 Å². The number of H-pyrrole nitrogens is 2. The summed E-state index contributed by atoms with van der Waals surface area (Å²) in [6, 6.07) is 7.89. The molecule has 18 heavy (non-hydrogen) atoms. The molecule has 0 saturated heterocycles. The van der Waals surface area contributed by atoms with E-state index in [0.29, 0.717) is 4.77 Å². The summed E-state index contributed by atoms with van der Waals surface area (Å²) >= 11 is 5.19. The third kappa shape index (κ3) is 1.16. The summed E-state index contributed by atoms with van der Waals surface area (Å²) in [6.07, 6.45) is 3.56. The van der Waals surface area contributed by atoms with E-state index in [0.717, 1.165) is 32.8 Å². The zero-order chi connectivity index (χ0) is 12.1. The molecule has 0 radical (unpaired) electrons. The van der Waals surface area contributed by atoms with Gasteiger partial charge in [-0.25, -0.2) is 0 Å². The highest BCUT2D eigenvalue weighted by molar-refractivity contribution is 7.71. The van der Waals surface area contributed by atoms with Crippen LogP contribution in [0.4, 0.5) is 0 Å². The van der Waals surface area contributed by atoms with Crippen LogP contribution in [0.3, 0.4) is 0 Å². The van der Waals surface area contributed by atoms with E-state index in [4.69, 9.17) is 12.2 Å². The van der Waals surface area contributed by atoms with E-state index < -0.39 is 0 Å². The van der Waals surface area contributed by atoms with Crippen LogP contribution >= 0.6 is 12.2 Å². The van der Waals surface area contributed by atoms with Gasteiger partial charge in [0.25, 0.3) is 0 Å². The maximum absolute atomic E-state index is 5.19. The molecule has 0 amide bonds. The van der Waals surface area contributed by atoms with Crippen LogP contribution in [-0.4, -0.2) is 19.9 Å². The summed E-state index contributed by atoms with van der Waals surface area (Å²) in [4.78, 5) is 15.2. The fourth-order valence-electron chi connectivity index (χ4n) is 2.38. The second-order valence-electron chi connectivity index (χ2n) is 4.13. The Kier molecular flexibility index (Phi) is 1.82. The molecule has 0 aliphatic rings. The van der Waals surface area contributed by atoms with Crippen LogP contribution in [0.1, 0.15) is 0 Å². The monoisotopic (exact) mass is 252 g/mol. The van der Waals surface area contributed by atoms with Gasteiger partial charge in [-0.15, -0.1) is 0 Å². The summed E-state index contributed by atoms with van der Waals surface area (Å²) in [6.45, 7) is 0. The molecular formula is C13H8N4S. The molecule has 0 atom stereocenters. The van der Waals surface area contributed by atoms with Crippen molar-refractivity contribution in [3.05, 3.63) is 41.4 Å². The molecule has 0 aliphatic heterocycles. The van der Waals surface area contributed by atoms with Crippen molar-refractivity contribution in [3.63, 3.8) is 0 Å². The fraction of sp³-hybridized carbons (Fsp3) is 0. The van der Waals surface area contributed by atoms with E-state index in [2.05, 4.69) is 19.9 Å².